The largest absolute Gasteiger partial charge is 0.354 e. The number of halogens is 1. The topological polar surface area (TPSA) is 37.3 Å². The molecule has 0 saturated heterocycles. The molecule has 1 aromatic heterocycles. The Hall–Kier alpha value is -2.53. The molecule has 23 heavy (non-hydrogen) atoms. The number of amidine groups is 1. The van der Waals surface area contributed by atoms with Crippen molar-refractivity contribution in [1.82, 2.24) is 9.69 Å². The van der Waals surface area contributed by atoms with Crippen LogP contribution in [0.4, 0.5) is 4.39 Å². The van der Waals surface area contributed by atoms with Crippen molar-refractivity contribution in [2.45, 2.75) is 5.54 Å². The Morgan fingerprint density at radius 3 is 2.70 bits per heavy atom. The summed E-state index contributed by atoms with van der Waals surface area (Å²) in [6, 6.07) is 6.45. The van der Waals surface area contributed by atoms with Crippen molar-refractivity contribution in [2.75, 3.05) is 6.54 Å². The zero-order valence-corrected chi connectivity index (χ0v) is 13.3. The molecule has 1 aromatic carbocycles. The maximum absolute atomic E-state index is 13.3. The fraction of sp³-hybridized carbons (Fsp3) is 0.111. The number of hydrogen-bond acceptors (Lipinski definition) is 4. The summed E-state index contributed by atoms with van der Waals surface area (Å²) in [4.78, 5) is 4.64. The first kappa shape index (κ1) is 15.4. The summed E-state index contributed by atoms with van der Waals surface area (Å²) in [5.41, 5.74) is 2.22. The first-order valence-corrected chi connectivity index (χ1v) is 7.97. The van der Waals surface area contributed by atoms with Gasteiger partial charge in [0.25, 0.3) is 0 Å². The number of benzene rings is 1. The van der Waals surface area contributed by atoms with Crippen LogP contribution in [0.15, 0.2) is 77.8 Å². The van der Waals surface area contributed by atoms with E-state index in [2.05, 4.69) is 27.8 Å². The van der Waals surface area contributed by atoms with E-state index in [1.807, 2.05) is 11.5 Å². The van der Waals surface area contributed by atoms with Gasteiger partial charge in [0, 0.05) is 10.9 Å². The van der Waals surface area contributed by atoms with Crippen LogP contribution in [0, 0.1) is 5.82 Å². The van der Waals surface area contributed by atoms with Gasteiger partial charge in [-0.3, -0.25) is 4.99 Å². The molecule has 2 aromatic rings. The smallest absolute Gasteiger partial charge is 0.131 e. The van der Waals surface area contributed by atoms with Crippen LogP contribution in [0.5, 0.6) is 0 Å². The SMILES string of the molecule is C=C/C=C(\C=C)C1(c2ccc(F)cc2)CN=C(c2cnsc2)N1. The Labute approximate surface area is 138 Å². The second-order valence-corrected chi connectivity index (χ2v) is 5.83. The maximum Gasteiger partial charge on any atom is 0.131 e. The normalized spacial score (nSPS) is 20.7. The molecule has 116 valence electrons. The third-order valence-electron chi connectivity index (χ3n) is 3.86. The highest BCUT2D eigenvalue weighted by Crippen LogP contribution is 2.35. The van der Waals surface area contributed by atoms with Gasteiger partial charge in [0.1, 0.15) is 17.2 Å². The predicted molar refractivity (Wildman–Crippen MR) is 93.2 cm³/mol. The van der Waals surface area contributed by atoms with Gasteiger partial charge in [0.2, 0.25) is 0 Å². The van der Waals surface area contributed by atoms with Crippen molar-refractivity contribution in [3.05, 3.63) is 89.7 Å². The van der Waals surface area contributed by atoms with Crippen LogP contribution in [0.3, 0.4) is 0 Å². The van der Waals surface area contributed by atoms with E-state index in [0.29, 0.717) is 6.54 Å². The lowest BCUT2D eigenvalue weighted by molar-refractivity contribution is 0.521. The second kappa shape index (κ2) is 6.30. The highest BCUT2D eigenvalue weighted by molar-refractivity contribution is 7.03. The molecule has 1 N–H and O–H groups in total. The van der Waals surface area contributed by atoms with Crippen molar-refractivity contribution < 1.29 is 4.39 Å². The van der Waals surface area contributed by atoms with Gasteiger partial charge in [0.05, 0.1) is 12.7 Å². The number of nitrogens with one attached hydrogen (secondary N) is 1. The van der Waals surface area contributed by atoms with Crippen molar-refractivity contribution >= 4 is 17.4 Å². The van der Waals surface area contributed by atoms with E-state index in [1.165, 1.54) is 23.7 Å². The van der Waals surface area contributed by atoms with Crippen LogP contribution >= 0.6 is 11.5 Å². The van der Waals surface area contributed by atoms with Crippen LogP contribution in [-0.4, -0.2) is 16.8 Å². The number of allylic oxidation sites excluding steroid dienone is 2. The molecule has 0 bridgehead atoms. The van der Waals surface area contributed by atoms with Gasteiger partial charge < -0.3 is 5.32 Å². The monoisotopic (exact) mass is 325 g/mol. The molecule has 3 nitrogen and oxygen atoms in total. The van der Waals surface area contributed by atoms with Crippen LogP contribution in [0.2, 0.25) is 0 Å². The van der Waals surface area contributed by atoms with E-state index in [9.17, 15) is 4.39 Å². The van der Waals surface area contributed by atoms with E-state index in [4.69, 9.17) is 0 Å². The molecule has 0 saturated carbocycles. The van der Waals surface area contributed by atoms with E-state index < -0.39 is 5.54 Å². The molecule has 0 spiro atoms. The minimum Gasteiger partial charge on any atom is -0.354 e. The van der Waals surface area contributed by atoms with Crippen LogP contribution < -0.4 is 5.32 Å². The molecule has 1 aliphatic rings. The van der Waals surface area contributed by atoms with Gasteiger partial charge in [0.15, 0.2) is 0 Å². The molecular formula is C18H16FN3S. The highest BCUT2D eigenvalue weighted by Gasteiger charge is 2.40. The molecule has 2 heterocycles. The van der Waals surface area contributed by atoms with Gasteiger partial charge in [-0.1, -0.05) is 43.5 Å². The molecule has 1 aliphatic heterocycles. The second-order valence-electron chi connectivity index (χ2n) is 5.18. The van der Waals surface area contributed by atoms with Gasteiger partial charge >= 0.3 is 0 Å². The summed E-state index contributed by atoms with van der Waals surface area (Å²) in [5, 5.41) is 5.43. The third-order valence-corrected chi connectivity index (χ3v) is 4.45. The average Bonchev–Trinajstić information content (AvgIpc) is 3.23. The summed E-state index contributed by atoms with van der Waals surface area (Å²) < 4.78 is 17.4. The minimum absolute atomic E-state index is 0.266. The lowest BCUT2D eigenvalue weighted by atomic mass is 9.82. The van der Waals surface area contributed by atoms with E-state index in [0.717, 1.165) is 22.5 Å². The summed E-state index contributed by atoms with van der Waals surface area (Å²) >= 11 is 1.38. The van der Waals surface area contributed by atoms with Crippen molar-refractivity contribution in [3.63, 3.8) is 0 Å². The van der Waals surface area contributed by atoms with Gasteiger partial charge in [-0.05, 0) is 34.8 Å². The van der Waals surface area contributed by atoms with Crippen LogP contribution in [0.25, 0.3) is 0 Å². The maximum atomic E-state index is 13.3. The standard InChI is InChI=1S/C18H16FN3S/c1-3-5-14(4-2)18(15-6-8-16(19)9-7-15)12-20-17(22-18)13-10-21-23-11-13/h3-11H,1-2,12H2,(H,20,22)/b14-5+. The molecule has 0 radical (unpaired) electrons. The Morgan fingerprint density at radius 1 is 1.30 bits per heavy atom. The molecule has 0 fully saturated rings. The number of aliphatic imine (C=N–C) groups is 1. The van der Waals surface area contributed by atoms with Crippen molar-refractivity contribution in [2.24, 2.45) is 4.99 Å². The van der Waals surface area contributed by atoms with Gasteiger partial charge in [-0.15, -0.1) is 0 Å². The Morgan fingerprint density at radius 2 is 2.09 bits per heavy atom. The summed E-state index contributed by atoms with van der Waals surface area (Å²) in [7, 11) is 0. The van der Waals surface area contributed by atoms with Gasteiger partial charge in [-0.2, -0.15) is 0 Å². The molecule has 1 atom stereocenters. The minimum atomic E-state index is -0.582. The molecular weight excluding hydrogens is 309 g/mol. The van der Waals surface area contributed by atoms with Crippen LogP contribution in [0.1, 0.15) is 11.1 Å². The average molecular weight is 325 g/mol. The number of rotatable bonds is 5. The zero-order valence-electron chi connectivity index (χ0n) is 12.5. The van der Waals surface area contributed by atoms with E-state index in [-0.39, 0.29) is 5.82 Å². The summed E-state index contributed by atoms with van der Waals surface area (Å²) in [6.07, 6.45) is 7.17. The lowest BCUT2D eigenvalue weighted by Crippen LogP contribution is -2.44. The van der Waals surface area contributed by atoms with Gasteiger partial charge in [-0.25, -0.2) is 8.76 Å². The Kier molecular flexibility index (Phi) is 4.21. The van der Waals surface area contributed by atoms with Crippen molar-refractivity contribution in [1.29, 1.82) is 0 Å². The predicted octanol–water partition coefficient (Wildman–Crippen LogP) is 3.83. The fourth-order valence-electron chi connectivity index (χ4n) is 2.70. The first-order valence-electron chi connectivity index (χ1n) is 7.13. The summed E-state index contributed by atoms with van der Waals surface area (Å²) in [6.45, 7) is 8.17. The zero-order chi connectivity index (χ0) is 16.3. The number of nitrogens with zero attached hydrogens (tertiary/aromatic N) is 2. The summed E-state index contributed by atoms with van der Waals surface area (Å²) in [5.74, 6) is 0.512. The highest BCUT2D eigenvalue weighted by atomic mass is 32.1. The molecule has 0 amide bonds. The lowest BCUT2D eigenvalue weighted by Gasteiger charge is -2.32. The quantitative estimate of drug-likeness (QED) is 0.849. The van der Waals surface area contributed by atoms with E-state index >= 15 is 0 Å². The van der Waals surface area contributed by atoms with Crippen molar-refractivity contribution in [3.8, 4) is 0 Å². The Bertz CT molecular complexity index is 775. The number of aromatic nitrogens is 1. The molecule has 5 heteroatoms. The molecule has 3 rings (SSSR count). The number of hydrogen-bond donors (Lipinski definition) is 1. The molecule has 1 unspecified atom stereocenters. The fourth-order valence-corrected chi connectivity index (χ4v) is 3.22. The Balaban J connectivity index is 2.06. The first-order chi connectivity index (χ1) is 11.2. The third kappa shape index (κ3) is 2.75. The van der Waals surface area contributed by atoms with Crippen LogP contribution in [-0.2, 0) is 5.54 Å². The molecule has 0 aliphatic carbocycles. The van der Waals surface area contributed by atoms with E-state index in [1.54, 1.807) is 30.5 Å².